The minimum absolute atomic E-state index is 0.325. The number of nitrogens with one attached hydrogen (secondary N) is 2. The van der Waals surface area contributed by atoms with Gasteiger partial charge in [0.2, 0.25) is 0 Å². The number of ether oxygens (including phenoxy) is 1. The summed E-state index contributed by atoms with van der Waals surface area (Å²) in [6, 6.07) is 8.92. The molecule has 2 rings (SSSR count). The fourth-order valence-electron chi connectivity index (χ4n) is 2.09. The van der Waals surface area contributed by atoms with Crippen LogP contribution >= 0.6 is 11.6 Å². The molecule has 116 valence electrons. The number of amides is 2. The van der Waals surface area contributed by atoms with Crippen molar-refractivity contribution in [2.45, 2.75) is 20.8 Å². The Morgan fingerprint density at radius 3 is 2.41 bits per heavy atom. The maximum atomic E-state index is 12.2. The summed E-state index contributed by atoms with van der Waals surface area (Å²) in [6.07, 6.45) is 0. The molecule has 0 aliphatic carbocycles. The predicted molar refractivity (Wildman–Crippen MR) is 91.3 cm³/mol. The summed E-state index contributed by atoms with van der Waals surface area (Å²) >= 11 is 6.06. The van der Waals surface area contributed by atoms with Crippen LogP contribution in [0.3, 0.4) is 0 Å². The number of carbonyl (C=O) groups is 1. The largest absolute Gasteiger partial charge is 0.495 e. The van der Waals surface area contributed by atoms with Gasteiger partial charge in [-0.05, 0) is 49.6 Å². The highest BCUT2D eigenvalue weighted by Gasteiger charge is 2.11. The number of aryl methyl sites for hydroxylation is 2. The van der Waals surface area contributed by atoms with Crippen molar-refractivity contribution in [2.24, 2.45) is 0 Å². The summed E-state index contributed by atoms with van der Waals surface area (Å²) in [4.78, 5) is 12.2. The molecule has 2 amide bonds. The van der Waals surface area contributed by atoms with Crippen LogP contribution in [0, 0.1) is 20.8 Å². The maximum Gasteiger partial charge on any atom is 0.323 e. The first-order valence-electron chi connectivity index (χ1n) is 6.90. The first kappa shape index (κ1) is 16.2. The number of methoxy groups -OCH3 is 1. The Morgan fingerprint density at radius 2 is 1.73 bits per heavy atom. The average molecular weight is 319 g/mol. The topological polar surface area (TPSA) is 50.4 Å². The van der Waals surface area contributed by atoms with Crippen molar-refractivity contribution >= 4 is 29.0 Å². The Labute approximate surface area is 135 Å². The van der Waals surface area contributed by atoms with Crippen molar-refractivity contribution in [3.05, 3.63) is 52.0 Å². The fraction of sp³-hybridized carbons (Fsp3) is 0.235. The summed E-state index contributed by atoms with van der Waals surface area (Å²) in [5.41, 5.74) is 4.38. The number of hydrogen-bond donors (Lipinski definition) is 2. The molecule has 4 nitrogen and oxygen atoms in total. The van der Waals surface area contributed by atoms with E-state index < -0.39 is 0 Å². The zero-order chi connectivity index (χ0) is 16.3. The lowest BCUT2D eigenvalue weighted by molar-refractivity contribution is 0.262. The van der Waals surface area contributed by atoms with Gasteiger partial charge in [0.05, 0.1) is 12.8 Å². The number of urea groups is 1. The van der Waals surface area contributed by atoms with E-state index in [0.717, 1.165) is 22.4 Å². The van der Waals surface area contributed by atoms with E-state index in [1.165, 1.54) is 7.11 Å². The van der Waals surface area contributed by atoms with E-state index >= 15 is 0 Å². The van der Waals surface area contributed by atoms with Crippen molar-refractivity contribution in [3.63, 3.8) is 0 Å². The summed E-state index contributed by atoms with van der Waals surface area (Å²) in [7, 11) is 1.54. The van der Waals surface area contributed by atoms with E-state index in [4.69, 9.17) is 16.3 Å². The van der Waals surface area contributed by atoms with Crippen LogP contribution in [0.5, 0.6) is 5.75 Å². The van der Waals surface area contributed by atoms with Gasteiger partial charge >= 0.3 is 6.03 Å². The van der Waals surface area contributed by atoms with Crippen LogP contribution in [0.1, 0.15) is 16.7 Å². The van der Waals surface area contributed by atoms with E-state index in [0.29, 0.717) is 16.5 Å². The molecule has 0 aliphatic rings. The molecule has 0 spiro atoms. The molecular weight excluding hydrogens is 300 g/mol. The van der Waals surface area contributed by atoms with E-state index in [2.05, 4.69) is 10.6 Å². The highest BCUT2D eigenvalue weighted by atomic mass is 35.5. The van der Waals surface area contributed by atoms with E-state index in [-0.39, 0.29) is 6.03 Å². The second-order valence-electron chi connectivity index (χ2n) is 5.13. The number of halogens is 1. The van der Waals surface area contributed by atoms with Crippen molar-refractivity contribution < 1.29 is 9.53 Å². The highest BCUT2D eigenvalue weighted by molar-refractivity contribution is 6.31. The molecule has 0 atom stereocenters. The van der Waals surface area contributed by atoms with Gasteiger partial charge in [-0.3, -0.25) is 0 Å². The number of carbonyl (C=O) groups excluding carboxylic acids is 1. The summed E-state index contributed by atoms with van der Waals surface area (Å²) in [5.74, 6) is 0.520. The van der Waals surface area contributed by atoms with E-state index in [9.17, 15) is 4.79 Å². The van der Waals surface area contributed by atoms with Gasteiger partial charge in [0, 0.05) is 16.8 Å². The predicted octanol–water partition coefficient (Wildman–Crippen LogP) is 4.92. The molecule has 2 aromatic carbocycles. The molecule has 0 aliphatic heterocycles. The fourth-order valence-corrected chi connectivity index (χ4v) is 2.25. The molecule has 2 N–H and O–H groups in total. The van der Waals surface area contributed by atoms with E-state index in [1.54, 1.807) is 12.1 Å². The molecule has 0 aromatic heterocycles. The minimum Gasteiger partial charge on any atom is -0.495 e. The van der Waals surface area contributed by atoms with Crippen LogP contribution in [0.15, 0.2) is 30.3 Å². The van der Waals surface area contributed by atoms with E-state index in [1.807, 2.05) is 39.0 Å². The van der Waals surface area contributed by atoms with Gasteiger partial charge in [0.15, 0.2) is 0 Å². The van der Waals surface area contributed by atoms with Crippen LogP contribution < -0.4 is 15.4 Å². The number of anilines is 2. The highest BCUT2D eigenvalue weighted by Crippen LogP contribution is 2.31. The van der Waals surface area contributed by atoms with Gasteiger partial charge in [-0.15, -0.1) is 0 Å². The second kappa shape index (κ2) is 6.71. The van der Waals surface area contributed by atoms with Crippen molar-refractivity contribution in [1.82, 2.24) is 0 Å². The van der Waals surface area contributed by atoms with Crippen molar-refractivity contribution in [1.29, 1.82) is 0 Å². The summed E-state index contributed by atoms with van der Waals surface area (Å²) in [6.45, 7) is 5.84. The van der Waals surface area contributed by atoms with Gasteiger partial charge < -0.3 is 15.4 Å². The van der Waals surface area contributed by atoms with Crippen LogP contribution in [0.25, 0.3) is 0 Å². The Hall–Kier alpha value is -2.20. The summed E-state index contributed by atoms with van der Waals surface area (Å²) < 4.78 is 5.25. The van der Waals surface area contributed by atoms with Crippen LogP contribution in [-0.2, 0) is 0 Å². The van der Waals surface area contributed by atoms with Gasteiger partial charge in [0.25, 0.3) is 0 Å². The Kier molecular flexibility index (Phi) is 4.93. The third kappa shape index (κ3) is 3.52. The molecule has 2 aromatic rings. The zero-order valence-corrected chi connectivity index (χ0v) is 13.8. The number of rotatable bonds is 3. The average Bonchev–Trinajstić information content (AvgIpc) is 2.47. The lowest BCUT2D eigenvalue weighted by Crippen LogP contribution is -2.20. The Bertz CT molecular complexity index is 714. The molecule has 0 unspecified atom stereocenters. The smallest absolute Gasteiger partial charge is 0.323 e. The monoisotopic (exact) mass is 318 g/mol. The van der Waals surface area contributed by atoms with Gasteiger partial charge in [-0.25, -0.2) is 4.79 Å². The first-order valence-corrected chi connectivity index (χ1v) is 7.28. The lowest BCUT2D eigenvalue weighted by atomic mass is 10.1. The van der Waals surface area contributed by atoms with Gasteiger partial charge in [0.1, 0.15) is 5.75 Å². The quantitative estimate of drug-likeness (QED) is 0.844. The minimum atomic E-state index is -0.325. The Morgan fingerprint density at radius 1 is 1.05 bits per heavy atom. The zero-order valence-electron chi connectivity index (χ0n) is 13.1. The molecule has 5 heteroatoms. The lowest BCUT2D eigenvalue weighted by Gasteiger charge is -2.14. The molecule has 22 heavy (non-hydrogen) atoms. The van der Waals surface area contributed by atoms with Crippen molar-refractivity contribution in [2.75, 3.05) is 17.7 Å². The molecule has 0 heterocycles. The van der Waals surface area contributed by atoms with Gasteiger partial charge in [-0.1, -0.05) is 23.7 Å². The number of benzene rings is 2. The van der Waals surface area contributed by atoms with Crippen LogP contribution in [0.2, 0.25) is 5.02 Å². The number of hydrogen-bond acceptors (Lipinski definition) is 2. The molecule has 0 fully saturated rings. The standard InChI is InChI=1S/C17H19ClN2O2/c1-10-6-5-7-14(12(10)3)19-17(21)20-15-8-11(2)13(18)9-16(15)22-4/h5-9H,1-4H3,(H2,19,20,21). The molecule has 0 bridgehead atoms. The van der Waals surface area contributed by atoms with Crippen molar-refractivity contribution in [3.8, 4) is 5.75 Å². The van der Waals surface area contributed by atoms with Crippen LogP contribution in [0.4, 0.5) is 16.2 Å². The Balaban J connectivity index is 2.19. The molecule has 0 radical (unpaired) electrons. The molecule has 0 saturated heterocycles. The third-order valence-corrected chi connectivity index (χ3v) is 3.99. The third-order valence-electron chi connectivity index (χ3n) is 3.58. The second-order valence-corrected chi connectivity index (χ2v) is 5.54. The van der Waals surface area contributed by atoms with Crippen LogP contribution in [-0.4, -0.2) is 13.1 Å². The summed E-state index contributed by atoms with van der Waals surface area (Å²) in [5, 5.41) is 6.23. The maximum absolute atomic E-state index is 12.2. The molecule has 0 saturated carbocycles. The SMILES string of the molecule is COc1cc(Cl)c(C)cc1NC(=O)Nc1cccc(C)c1C. The van der Waals surface area contributed by atoms with Gasteiger partial charge in [-0.2, -0.15) is 0 Å². The first-order chi connectivity index (χ1) is 10.4. The molecular formula is C17H19ClN2O2. The normalized spacial score (nSPS) is 10.2.